The Labute approximate surface area is 395 Å². The normalized spacial score (nSPS) is 15.4. The number of terminal acetylenes is 1. The summed E-state index contributed by atoms with van der Waals surface area (Å²) in [5.41, 5.74) is 4.82. The van der Waals surface area contributed by atoms with Gasteiger partial charge in [-0.1, -0.05) is 77.6 Å². The summed E-state index contributed by atoms with van der Waals surface area (Å²) < 4.78 is 16.0. The van der Waals surface area contributed by atoms with E-state index in [0.717, 1.165) is 33.6 Å². The lowest BCUT2D eigenvalue weighted by atomic mass is 9.89. The van der Waals surface area contributed by atoms with E-state index in [-0.39, 0.29) is 53.5 Å². The maximum atomic E-state index is 14.1. The van der Waals surface area contributed by atoms with Crippen molar-refractivity contribution >= 4 is 23.8 Å². The van der Waals surface area contributed by atoms with E-state index >= 15 is 0 Å². The number of benzene rings is 2. The van der Waals surface area contributed by atoms with Gasteiger partial charge in [-0.2, -0.15) is 0 Å². The van der Waals surface area contributed by atoms with E-state index in [2.05, 4.69) is 96.8 Å². The number of nitrogens with zero attached hydrogens (tertiary/aromatic N) is 4. The molecule has 2 aromatic carbocycles. The van der Waals surface area contributed by atoms with Crippen LogP contribution in [0, 0.1) is 47.4 Å². The van der Waals surface area contributed by atoms with Crippen molar-refractivity contribution in [1.82, 2.24) is 40.4 Å². The van der Waals surface area contributed by atoms with Crippen molar-refractivity contribution in [2.45, 2.75) is 99.3 Å². The molecule has 2 unspecified atom stereocenters. The number of carbonyl (C=O) groups excluding carboxylic acids is 4. The Kier molecular flexibility index (Phi) is 18.4. The average Bonchev–Trinajstić information content (AvgIpc) is 3.99. The lowest BCUT2D eigenvalue weighted by Gasteiger charge is -2.36. The standard InChI is InChI=1S/C50H66N8O7.C2H2/c1-33(59)53-44(38-19-23-64-24-20-38)46(60)57(31-49(2,3)4)29-42-51-27-40(54-42)36-15-11-34(12-16-36)9-10-35-13-17-37(18-14-35)41-28-52-43(55-41)30-58(32-50(5,6)7)47(61)45(56-48(62)63-8)39-21-25-65-26-22-39;1-2/h11-18,27-28,38-39,44-45H,19-26,29-32H2,1-8H3,(H,51,54)(H,52,55)(H,53,59)(H,56,62);1-2H. The van der Waals surface area contributed by atoms with Gasteiger partial charge in [0.15, 0.2) is 0 Å². The van der Waals surface area contributed by atoms with Gasteiger partial charge in [0.05, 0.1) is 44.0 Å². The molecule has 2 aromatic heterocycles. The third-order valence-corrected chi connectivity index (χ3v) is 11.5. The van der Waals surface area contributed by atoms with E-state index in [4.69, 9.17) is 14.2 Å². The number of aromatic nitrogens is 4. The molecule has 2 aliphatic heterocycles. The molecule has 0 bridgehead atoms. The van der Waals surface area contributed by atoms with Crippen molar-refractivity contribution in [2.75, 3.05) is 46.6 Å². The second-order valence-corrected chi connectivity index (χ2v) is 19.6. The van der Waals surface area contributed by atoms with Crippen molar-refractivity contribution in [3.05, 3.63) is 83.7 Å². The number of alkyl carbamates (subject to hydrolysis) is 1. The lowest BCUT2D eigenvalue weighted by molar-refractivity contribution is -0.140. The third kappa shape index (κ3) is 15.6. The molecule has 0 radical (unpaired) electrons. The summed E-state index contributed by atoms with van der Waals surface area (Å²) in [6.07, 6.45) is 13.7. The molecule has 0 aliphatic carbocycles. The highest BCUT2D eigenvalue weighted by atomic mass is 16.5. The van der Waals surface area contributed by atoms with Crippen molar-refractivity contribution in [2.24, 2.45) is 22.7 Å². The molecule has 4 heterocycles. The van der Waals surface area contributed by atoms with Gasteiger partial charge in [0, 0.05) is 57.6 Å². The summed E-state index contributed by atoms with van der Waals surface area (Å²) in [5, 5.41) is 5.75. The van der Waals surface area contributed by atoms with Crippen LogP contribution in [0.4, 0.5) is 4.79 Å². The van der Waals surface area contributed by atoms with Crippen LogP contribution in [-0.2, 0) is 41.7 Å². The molecule has 2 atom stereocenters. The first-order valence-electron chi connectivity index (χ1n) is 22.9. The molecular weight excluding hydrogens is 849 g/mol. The van der Waals surface area contributed by atoms with Crippen LogP contribution in [0.3, 0.4) is 0 Å². The number of hydrogen-bond acceptors (Lipinski definition) is 9. The first-order valence-corrected chi connectivity index (χ1v) is 22.9. The van der Waals surface area contributed by atoms with Gasteiger partial charge in [0.25, 0.3) is 0 Å². The lowest BCUT2D eigenvalue weighted by Crippen LogP contribution is -2.54. The number of amides is 4. The zero-order valence-corrected chi connectivity index (χ0v) is 40.4. The van der Waals surface area contributed by atoms with Crippen LogP contribution in [0.1, 0.15) is 96.9 Å². The molecule has 0 saturated carbocycles. The number of rotatable bonds is 14. The minimum Gasteiger partial charge on any atom is -0.453 e. The molecule has 4 aromatic rings. The van der Waals surface area contributed by atoms with E-state index in [1.165, 1.54) is 14.0 Å². The van der Waals surface area contributed by atoms with Gasteiger partial charge in [-0.05, 0) is 83.7 Å². The number of methoxy groups -OCH3 is 1. The minimum atomic E-state index is -0.737. The molecule has 4 N–H and O–H groups in total. The van der Waals surface area contributed by atoms with Crippen molar-refractivity contribution in [3.8, 4) is 47.2 Å². The van der Waals surface area contributed by atoms with Gasteiger partial charge in [0.2, 0.25) is 17.7 Å². The highest BCUT2D eigenvalue weighted by molar-refractivity contribution is 5.87. The van der Waals surface area contributed by atoms with Gasteiger partial charge < -0.3 is 44.6 Å². The fourth-order valence-electron chi connectivity index (χ4n) is 8.38. The molecule has 0 spiro atoms. The number of carbonyl (C=O) groups is 4. The summed E-state index contributed by atoms with van der Waals surface area (Å²) in [4.78, 5) is 72.4. The highest BCUT2D eigenvalue weighted by Gasteiger charge is 2.37. The Bertz CT molecular complexity index is 2330. The minimum absolute atomic E-state index is 0.00953. The summed E-state index contributed by atoms with van der Waals surface area (Å²) in [6, 6.07) is 14.5. The van der Waals surface area contributed by atoms with Gasteiger partial charge in [-0.15, -0.1) is 12.8 Å². The van der Waals surface area contributed by atoms with E-state index in [0.29, 0.717) is 76.8 Å². The molecule has 15 heteroatoms. The zero-order chi connectivity index (χ0) is 48.7. The van der Waals surface area contributed by atoms with Crippen LogP contribution >= 0.6 is 0 Å². The molecule has 4 amide bonds. The summed E-state index contributed by atoms with van der Waals surface area (Å²) in [7, 11) is 1.30. The molecule has 2 saturated heterocycles. The Morgan fingerprint density at radius 3 is 1.40 bits per heavy atom. The van der Waals surface area contributed by atoms with Crippen LogP contribution in [0.2, 0.25) is 0 Å². The molecule has 67 heavy (non-hydrogen) atoms. The number of nitrogens with one attached hydrogen (secondary N) is 4. The number of H-pyrrole nitrogens is 2. The predicted molar refractivity (Wildman–Crippen MR) is 258 cm³/mol. The van der Waals surface area contributed by atoms with Crippen molar-refractivity contribution < 1.29 is 33.4 Å². The van der Waals surface area contributed by atoms with E-state index < -0.39 is 18.2 Å². The highest BCUT2D eigenvalue weighted by Crippen LogP contribution is 2.27. The molecule has 2 fully saturated rings. The third-order valence-electron chi connectivity index (χ3n) is 11.5. The monoisotopic (exact) mass is 917 g/mol. The van der Waals surface area contributed by atoms with Crippen molar-refractivity contribution in [3.63, 3.8) is 0 Å². The maximum absolute atomic E-state index is 14.1. The molecular formula is C52H68N8O7. The summed E-state index contributed by atoms with van der Waals surface area (Å²) in [5.74, 6) is 7.25. The number of hydrogen-bond donors (Lipinski definition) is 4. The maximum Gasteiger partial charge on any atom is 0.407 e. The van der Waals surface area contributed by atoms with E-state index in [1.54, 1.807) is 22.2 Å². The Hall–Kier alpha value is -6.42. The fourth-order valence-corrected chi connectivity index (χ4v) is 8.38. The van der Waals surface area contributed by atoms with Gasteiger partial charge in [-0.25, -0.2) is 14.8 Å². The average molecular weight is 917 g/mol. The predicted octanol–water partition coefficient (Wildman–Crippen LogP) is 6.95. The van der Waals surface area contributed by atoms with Crippen LogP contribution < -0.4 is 10.6 Å². The Morgan fingerprint density at radius 2 is 1.06 bits per heavy atom. The van der Waals surface area contributed by atoms with Crippen LogP contribution in [0.5, 0.6) is 0 Å². The second kappa shape index (κ2) is 23.9. The smallest absolute Gasteiger partial charge is 0.407 e. The van der Waals surface area contributed by atoms with Gasteiger partial charge >= 0.3 is 6.09 Å². The molecule has 15 nitrogen and oxygen atoms in total. The second-order valence-electron chi connectivity index (χ2n) is 19.6. The zero-order valence-electron chi connectivity index (χ0n) is 40.4. The fraction of sp³-hybridized carbons (Fsp3) is 0.500. The SMILES string of the molecule is C#C.COC(=O)NC(C(=O)N(Cc1ncc(-c2ccc(C#Cc3ccc(-c4cnc(CN(CC(C)(C)C)C(=O)C(NC(C)=O)C5CCOCC5)[nH]4)cc3)cc2)[nH]1)CC(C)(C)C)C1CCOCC1. The number of aromatic amines is 2. The van der Waals surface area contributed by atoms with Gasteiger partial charge in [-0.3, -0.25) is 14.4 Å². The topological polar surface area (TPSA) is 184 Å². The molecule has 358 valence electrons. The Morgan fingerprint density at radius 1 is 0.687 bits per heavy atom. The van der Waals surface area contributed by atoms with E-state index in [9.17, 15) is 19.2 Å². The van der Waals surface area contributed by atoms with Crippen LogP contribution in [0.15, 0.2) is 60.9 Å². The van der Waals surface area contributed by atoms with Gasteiger partial charge in [0.1, 0.15) is 23.7 Å². The first kappa shape index (κ1) is 51.6. The first-order chi connectivity index (χ1) is 31.9. The number of imidazole rings is 2. The van der Waals surface area contributed by atoms with E-state index in [1.807, 2.05) is 48.5 Å². The summed E-state index contributed by atoms with van der Waals surface area (Å²) >= 11 is 0. The largest absolute Gasteiger partial charge is 0.453 e. The quantitative estimate of drug-likeness (QED) is 0.0973. The molecule has 2 aliphatic rings. The summed E-state index contributed by atoms with van der Waals surface area (Å²) in [6.45, 7) is 17.7. The van der Waals surface area contributed by atoms with Crippen molar-refractivity contribution in [1.29, 1.82) is 0 Å². The Balaban J connectivity index is 0.00000414. The van der Waals surface area contributed by atoms with Crippen LogP contribution in [0.25, 0.3) is 22.5 Å². The molecule has 6 rings (SSSR count). The van der Waals surface area contributed by atoms with Crippen LogP contribution in [-0.4, -0.2) is 112 Å². The number of ether oxygens (including phenoxy) is 3.